The summed E-state index contributed by atoms with van der Waals surface area (Å²) in [6.45, 7) is 6.28. The van der Waals surface area contributed by atoms with Crippen LogP contribution in [0.2, 0.25) is 0 Å². The molecule has 2 rings (SSSR count). The molecule has 112 valence electrons. The molecule has 0 aliphatic carbocycles. The highest BCUT2D eigenvalue weighted by Gasteiger charge is 2.13. The van der Waals surface area contributed by atoms with Crippen molar-refractivity contribution in [3.63, 3.8) is 0 Å². The highest BCUT2D eigenvalue weighted by molar-refractivity contribution is 5.18. The molecule has 2 aromatic heterocycles. The van der Waals surface area contributed by atoms with Crippen molar-refractivity contribution in [1.29, 1.82) is 0 Å². The van der Waals surface area contributed by atoms with Gasteiger partial charge in [-0.2, -0.15) is 0 Å². The predicted octanol–water partition coefficient (Wildman–Crippen LogP) is 3.29. The molecule has 0 aliphatic heterocycles. The Labute approximate surface area is 126 Å². The van der Waals surface area contributed by atoms with Crippen molar-refractivity contribution in [3.05, 3.63) is 54.0 Å². The molecule has 0 saturated heterocycles. The van der Waals surface area contributed by atoms with Gasteiger partial charge in [0.05, 0.1) is 7.11 Å². The highest BCUT2D eigenvalue weighted by Crippen LogP contribution is 2.15. The van der Waals surface area contributed by atoms with Crippen LogP contribution in [0.25, 0.3) is 0 Å². The minimum absolute atomic E-state index is 0.514. The van der Waals surface area contributed by atoms with Crippen LogP contribution < -0.4 is 4.74 Å². The first kappa shape index (κ1) is 15.4. The maximum Gasteiger partial charge on any atom is 0.212 e. The third-order valence-corrected chi connectivity index (χ3v) is 3.74. The minimum Gasteiger partial charge on any atom is -0.481 e. The average Bonchev–Trinajstić information content (AvgIpc) is 2.55. The number of rotatable bonds is 7. The number of hydrogen-bond acceptors (Lipinski definition) is 4. The fourth-order valence-corrected chi connectivity index (χ4v) is 2.21. The molecule has 0 spiro atoms. The highest BCUT2D eigenvalue weighted by atomic mass is 16.5. The lowest BCUT2D eigenvalue weighted by Crippen LogP contribution is -2.31. The lowest BCUT2D eigenvalue weighted by atomic mass is 10.1. The Morgan fingerprint density at radius 2 is 1.81 bits per heavy atom. The summed E-state index contributed by atoms with van der Waals surface area (Å²) in [7, 11) is 1.64. The molecule has 2 heterocycles. The fourth-order valence-electron chi connectivity index (χ4n) is 2.21. The van der Waals surface area contributed by atoms with Crippen LogP contribution in [0.15, 0.2) is 42.9 Å². The molecule has 4 heteroatoms. The Morgan fingerprint density at radius 3 is 2.38 bits per heavy atom. The van der Waals surface area contributed by atoms with Gasteiger partial charge in [-0.1, -0.05) is 13.0 Å². The summed E-state index contributed by atoms with van der Waals surface area (Å²) in [5.41, 5.74) is 2.48. The molecule has 0 radical (unpaired) electrons. The van der Waals surface area contributed by atoms with Crippen molar-refractivity contribution in [2.75, 3.05) is 7.11 Å². The molecule has 0 aliphatic rings. The Balaban J connectivity index is 2.08. The maximum absolute atomic E-state index is 5.11. The standard InChI is InChI=1S/C17H23N3O/c1-4-14(2)20(12-15-7-9-18-10-8-15)13-16-5-6-17(21-3)19-11-16/h5-11,14H,4,12-13H2,1-3H3/t14-/m0/s1. The quantitative estimate of drug-likeness (QED) is 0.782. The topological polar surface area (TPSA) is 38.2 Å². The molecule has 0 amide bonds. The van der Waals surface area contributed by atoms with Gasteiger partial charge in [0.15, 0.2) is 0 Å². The molecule has 1 atom stereocenters. The van der Waals surface area contributed by atoms with E-state index in [1.54, 1.807) is 7.11 Å². The number of nitrogens with zero attached hydrogens (tertiary/aromatic N) is 3. The zero-order valence-electron chi connectivity index (χ0n) is 13.0. The van der Waals surface area contributed by atoms with Crippen LogP contribution in [-0.4, -0.2) is 28.0 Å². The number of methoxy groups -OCH3 is 1. The van der Waals surface area contributed by atoms with Gasteiger partial charge in [-0.25, -0.2) is 4.98 Å². The van der Waals surface area contributed by atoms with E-state index in [0.29, 0.717) is 11.9 Å². The summed E-state index contributed by atoms with van der Waals surface area (Å²) in [6, 6.07) is 8.65. The zero-order chi connectivity index (χ0) is 15.1. The van der Waals surface area contributed by atoms with Gasteiger partial charge < -0.3 is 4.74 Å². The van der Waals surface area contributed by atoms with Crippen LogP contribution >= 0.6 is 0 Å². The van der Waals surface area contributed by atoms with Crippen molar-refractivity contribution in [2.45, 2.75) is 39.4 Å². The first-order valence-electron chi connectivity index (χ1n) is 7.34. The van der Waals surface area contributed by atoms with E-state index in [9.17, 15) is 0 Å². The maximum atomic E-state index is 5.11. The second-order valence-electron chi connectivity index (χ2n) is 5.23. The largest absolute Gasteiger partial charge is 0.481 e. The third-order valence-electron chi connectivity index (χ3n) is 3.74. The molecule has 2 aromatic rings. The summed E-state index contributed by atoms with van der Waals surface area (Å²) in [5.74, 6) is 0.656. The molecule has 0 saturated carbocycles. The van der Waals surface area contributed by atoms with Gasteiger partial charge in [-0.3, -0.25) is 9.88 Å². The van der Waals surface area contributed by atoms with Gasteiger partial charge in [-0.05, 0) is 36.6 Å². The zero-order valence-corrected chi connectivity index (χ0v) is 13.0. The summed E-state index contributed by atoms with van der Waals surface area (Å²) in [6.07, 6.45) is 6.70. The SMILES string of the molecule is CC[C@H](C)N(Cc1ccncc1)Cc1ccc(OC)nc1. The lowest BCUT2D eigenvalue weighted by Gasteiger charge is -2.28. The predicted molar refractivity (Wildman–Crippen MR) is 84.0 cm³/mol. The van der Waals surface area contributed by atoms with Crippen molar-refractivity contribution in [3.8, 4) is 5.88 Å². The van der Waals surface area contributed by atoms with E-state index in [1.807, 2.05) is 24.7 Å². The summed E-state index contributed by atoms with van der Waals surface area (Å²) in [4.78, 5) is 10.8. The van der Waals surface area contributed by atoms with Crippen molar-refractivity contribution >= 4 is 0 Å². The van der Waals surface area contributed by atoms with Crippen molar-refractivity contribution < 1.29 is 4.74 Å². The van der Waals surface area contributed by atoms with E-state index in [-0.39, 0.29) is 0 Å². The van der Waals surface area contributed by atoms with E-state index in [1.165, 1.54) is 11.1 Å². The normalized spacial score (nSPS) is 12.4. The lowest BCUT2D eigenvalue weighted by molar-refractivity contribution is 0.186. The Kier molecular flexibility index (Phi) is 5.69. The molecule has 0 bridgehead atoms. The van der Waals surface area contributed by atoms with Crippen LogP contribution in [0, 0.1) is 0 Å². The monoisotopic (exact) mass is 285 g/mol. The molecule has 0 N–H and O–H groups in total. The second kappa shape index (κ2) is 7.74. The van der Waals surface area contributed by atoms with Gasteiger partial charge in [0.2, 0.25) is 5.88 Å². The third kappa shape index (κ3) is 4.53. The Morgan fingerprint density at radius 1 is 1.10 bits per heavy atom. The Hall–Kier alpha value is -1.94. The average molecular weight is 285 g/mol. The van der Waals surface area contributed by atoms with E-state index < -0.39 is 0 Å². The summed E-state index contributed by atoms with van der Waals surface area (Å²) < 4.78 is 5.11. The summed E-state index contributed by atoms with van der Waals surface area (Å²) >= 11 is 0. The first-order valence-corrected chi connectivity index (χ1v) is 7.34. The fraction of sp³-hybridized carbons (Fsp3) is 0.412. The second-order valence-corrected chi connectivity index (χ2v) is 5.23. The van der Waals surface area contributed by atoms with Gasteiger partial charge in [-0.15, -0.1) is 0 Å². The molecule has 0 fully saturated rings. The molecule has 0 unspecified atom stereocenters. The van der Waals surface area contributed by atoms with E-state index in [4.69, 9.17) is 4.74 Å². The van der Waals surface area contributed by atoms with Gasteiger partial charge in [0.25, 0.3) is 0 Å². The van der Waals surface area contributed by atoms with Gasteiger partial charge in [0, 0.05) is 43.8 Å². The number of hydrogen-bond donors (Lipinski definition) is 0. The number of ether oxygens (including phenoxy) is 1. The van der Waals surface area contributed by atoms with Crippen LogP contribution in [0.5, 0.6) is 5.88 Å². The number of pyridine rings is 2. The Bertz CT molecular complexity index is 527. The van der Waals surface area contributed by atoms with Crippen LogP contribution in [0.1, 0.15) is 31.4 Å². The molecular formula is C17H23N3O. The molecule has 4 nitrogen and oxygen atoms in total. The van der Waals surface area contributed by atoms with E-state index in [0.717, 1.165) is 19.5 Å². The van der Waals surface area contributed by atoms with E-state index >= 15 is 0 Å². The number of aromatic nitrogens is 2. The first-order chi connectivity index (χ1) is 10.2. The summed E-state index contributed by atoms with van der Waals surface area (Å²) in [5, 5.41) is 0. The minimum atomic E-state index is 0.514. The van der Waals surface area contributed by atoms with Gasteiger partial charge >= 0.3 is 0 Å². The molecule has 21 heavy (non-hydrogen) atoms. The van der Waals surface area contributed by atoms with Crippen LogP contribution in [0.4, 0.5) is 0 Å². The van der Waals surface area contributed by atoms with Gasteiger partial charge in [0.1, 0.15) is 0 Å². The van der Waals surface area contributed by atoms with Crippen LogP contribution in [0.3, 0.4) is 0 Å². The van der Waals surface area contributed by atoms with Crippen LogP contribution in [-0.2, 0) is 13.1 Å². The molecular weight excluding hydrogens is 262 g/mol. The molecule has 0 aromatic carbocycles. The van der Waals surface area contributed by atoms with Crippen molar-refractivity contribution in [1.82, 2.24) is 14.9 Å². The van der Waals surface area contributed by atoms with Crippen molar-refractivity contribution in [2.24, 2.45) is 0 Å². The smallest absolute Gasteiger partial charge is 0.212 e. The van der Waals surface area contributed by atoms with E-state index in [2.05, 4.69) is 46.9 Å².